The van der Waals surface area contributed by atoms with E-state index in [-0.39, 0.29) is 0 Å². The monoisotopic (exact) mass is 259 g/mol. The van der Waals surface area contributed by atoms with Crippen LogP contribution in [-0.4, -0.2) is 15.6 Å². The van der Waals surface area contributed by atoms with Gasteiger partial charge >= 0.3 is 0 Å². The van der Waals surface area contributed by atoms with E-state index in [0.29, 0.717) is 0 Å². The minimum absolute atomic E-state index is 0.734. The second kappa shape index (κ2) is 5.21. The Labute approximate surface area is 113 Å². The van der Waals surface area contributed by atoms with Gasteiger partial charge in [-0.15, -0.1) is 0 Å². The van der Waals surface area contributed by atoms with E-state index in [4.69, 9.17) is 4.42 Å². The standard InChI is InChI=1S/C15H21N3O/c1-3-15-16-6-7-18(15)10-14-8-12(11(2)19-14)9-17-13-4-5-13/h6-8,13,17H,3-5,9-10H2,1-2H3. The first kappa shape index (κ1) is 12.5. The third-order valence-corrected chi connectivity index (χ3v) is 3.67. The van der Waals surface area contributed by atoms with E-state index in [1.807, 2.05) is 19.3 Å². The van der Waals surface area contributed by atoms with Crippen molar-refractivity contribution in [3.8, 4) is 0 Å². The molecule has 2 heterocycles. The number of nitrogens with one attached hydrogen (secondary N) is 1. The molecule has 0 aromatic carbocycles. The van der Waals surface area contributed by atoms with Gasteiger partial charge in [0.25, 0.3) is 0 Å². The lowest BCUT2D eigenvalue weighted by molar-refractivity contribution is 0.463. The van der Waals surface area contributed by atoms with Crippen LogP contribution in [0.2, 0.25) is 0 Å². The zero-order valence-electron chi connectivity index (χ0n) is 11.6. The summed E-state index contributed by atoms with van der Waals surface area (Å²) in [5.41, 5.74) is 1.28. The number of nitrogens with zero attached hydrogens (tertiary/aromatic N) is 2. The number of imidazole rings is 1. The molecule has 1 aliphatic carbocycles. The third kappa shape index (κ3) is 2.89. The summed E-state index contributed by atoms with van der Waals surface area (Å²) in [7, 11) is 0. The molecule has 19 heavy (non-hydrogen) atoms. The van der Waals surface area contributed by atoms with Gasteiger partial charge in [-0.2, -0.15) is 0 Å². The van der Waals surface area contributed by atoms with Crippen LogP contribution in [0.15, 0.2) is 22.9 Å². The molecule has 0 unspecified atom stereocenters. The van der Waals surface area contributed by atoms with Crippen molar-refractivity contribution in [3.63, 3.8) is 0 Å². The predicted molar refractivity (Wildman–Crippen MR) is 74.0 cm³/mol. The first-order chi connectivity index (χ1) is 9.26. The van der Waals surface area contributed by atoms with Crippen LogP contribution in [0.1, 0.15) is 42.7 Å². The average Bonchev–Trinajstić information content (AvgIpc) is 3.02. The fraction of sp³-hybridized carbons (Fsp3) is 0.533. The second-order valence-corrected chi connectivity index (χ2v) is 5.27. The Morgan fingerprint density at radius 1 is 1.47 bits per heavy atom. The first-order valence-corrected chi connectivity index (χ1v) is 7.08. The SMILES string of the molecule is CCc1nccn1Cc1cc(CNC2CC2)c(C)o1. The molecule has 1 saturated carbocycles. The molecule has 1 N–H and O–H groups in total. The summed E-state index contributed by atoms with van der Waals surface area (Å²) in [4.78, 5) is 4.34. The minimum Gasteiger partial charge on any atom is -0.464 e. The zero-order valence-corrected chi connectivity index (χ0v) is 11.6. The lowest BCUT2D eigenvalue weighted by Gasteiger charge is -2.03. The maximum Gasteiger partial charge on any atom is 0.124 e. The lowest BCUT2D eigenvalue weighted by atomic mass is 10.2. The molecule has 0 spiro atoms. The molecular weight excluding hydrogens is 238 g/mol. The quantitative estimate of drug-likeness (QED) is 0.867. The van der Waals surface area contributed by atoms with Gasteiger partial charge in [0.05, 0.1) is 6.54 Å². The van der Waals surface area contributed by atoms with Gasteiger partial charge in [0.15, 0.2) is 0 Å². The molecule has 2 aromatic heterocycles. The van der Waals surface area contributed by atoms with Crippen LogP contribution < -0.4 is 5.32 Å². The highest BCUT2D eigenvalue weighted by molar-refractivity contribution is 5.21. The van der Waals surface area contributed by atoms with Crippen molar-refractivity contribution < 1.29 is 4.42 Å². The summed E-state index contributed by atoms with van der Waals surface area (Å²) in [6.07, 6.45) is 7.45. The van der Waals surface area contributed by atoms with Crippen molar-refractivity contribution in [3.05, 3.63) is 41.4 Å². The summed E-state index contributed by atoms with van der Waals surface area (Å²) in [6.45, 7) is 5.86. The molecule has 2 aromatic rings. The molecule has 1 aliphatic rings. The van der Waals surface area contributed by atoms with Crippen LogP contribution in [-0.2, 0) is 19.5 Å². The van der Waals surface area contributed by atoms with Crippen molar-refractivity contribution in [1.29, 1.82) is 0 Å². The number of aryl methyl sites for hydroxylation is 2. The summed E-state index contributed by atoms with van der Waals surface area (Å²) in [6, 6.07) is 2.91. The number of hydrogen-bond acceptors (Lipinski definition) is 3. The Morgan fingerprint density at radius 3 is 3.05 bits per heavy atom. The Balaban J connectivity index is 1.68. The highest BCUT2D eigenvalue weighted by Gasteiger charge is 2.21. The highest BCUT2D eigenvalue weighted by Crippen LogP contribution is 2.21. The molecule has 4 heteroatoms. The van der Waals surface area contributed by atoms with Crippen LogP contribution in [0.4, 0.5) is 0 Å². The van der Waals surface area contributed by atoms with E-state index in [2.05, 4.69) is 27.9 Å². The van der Waals surface area contributed by atoms with Crippen LogP contribution in [0.3, 0.4) is 0 Å². The molecule has 0 bridgehead atoms. The van der Waals surface area contributed by atoms with Gasteiger partial charge < -0.3 is 14.3 Å². The van der Waals surface area contributed by atoms with E-state index >= 15 is 0 Å². The van der Waals surface area contributed by atoms with Gasteiger partial charge in [0.2, 0.25) is 0 Å². The predicted octanol–water partition coefficient (Wildman–Crippen LogP) is 2.65. The van der Waals surface area contributed by atoms with E-state index in [0.717, 1.165) is 42.9 Å². The van der Waals surface area contributed by atoms with Gasteiger partial charge in [-0.05, 0) is 25.8 Å². The molecule has 0 atom stereocenters. The molecular formula is C15H21N3O. The Morgan fingerprint density at radius 2 is 2.32 bits per heavy atom. The maximum atomic E-state index is 5.85. The molecule has 1 fully saturated rings. The van der Waals surface area contributed by atoms with Crippen LogP contribution in [0, 0.1) is 6.92 Å². The second-order valence-electron chi connectivity index (χ2n) is 5.27. The number of hydrogen-bond donors (Lipinski definition) is 1. The number of aromatic nitrogens is 2. The van der Waals surface area contributed by atoms with Crippen molar-refractivity contribution in [2.45, 2.75) is 52.2 Å². The number of furan rings is 1. The number of rotatable bonds is 6. The summed E-state index contributed by atoms with van der Waals surface area (Å²) >= 11 is 0. The highest BCUT2D eigenvalue weighted by atomic mass is 16.3. The average molecular weight is 259 g/mol. The molecule has 0 aliphatic heterocycles. The molecule has 0 amide bonds. The van der Waals surface area contributed by atoms with E-state index in [9.17, 15) is 0 Å². The van der Waals surface area contributed by atoms with Crippen molar-refractivity contribution >= 4 is 0 Å². The Bertz CT molecular complexity index is 551. The van der Waals surface area contributed by atoms with E-state index in [1.54, 1.807) is 0 Å². The van der Waals surface area contributed by atoms with Gasteiger partial charge in [0, 0.05) is 37.0 Å². The third-order valence-electron chi connectivity index (χ3n) is 3.67. The molecule has 3 rings (SSSR count). The largest absolute Gasteiger partial charge is 0.464 e. The lowest BCUT2D eigenvalue weighted by Crippen LogP contribution is -2.15. The summed E-state index contributed by atoms with van der Waals surface area (Å²) < 4.78 is 8.00. The van der Waals surface area contributed by atoms with Crippen LogP contribution in [0.25, 0.3) is 0 Å². The van der Waals surface area contributed by atoms with Crippen molar-refractivity contribution in [2.75, 3.05) is 0 Å². The minimum atomic E-state index is 0.734. The van der Waals surface area contributed by atoms with Crippen LogP contribution in [0.5, 0.6) is 0 Å². The first-order valence-electron chi connectivity index (χ1n) is 7.08. The van der Waals surface area contributed by atoms with Gasteiger partial charge in [-0.25, -0.2) is 4.98 Å². The molecule has 0 saturated heterocycles. The Kier molecular flexibility index (Phi) is 3.42. The van der Waals surface area contributed by atoms with Crippen molar-refractivity contribution in [2.24, 2.45) is 0 Å². The van der Waals surface area contributed by atoms with Gasteiger partial charge in [0.1, 0.15) is 17.3 Å². The van der Waals surface area contributed by atoms with Crippen molar-refractivity contribution in [1.82, 2.24) is 14.9 Å². The normalized spacial score (nSPS) is 15.1. The molecule has 0 radical (unpaired) electrons. The smallest absolute Gasteiger partial charge is 0.124 e. The summed E-state index contributed by atoms with van der Waals surface area (Å²) in [5.74, 6) is 3.14. The fourth-order valence-corrected chi connectivity index (χ4v) is 2.35. The topological polar surface area (TPSA) is 43.0 Å². The molecule has 102 valence electrons. The summed E-state index contributed by atoms with van der Waals surface area (Å²) in [5, 5.41) is 3.53. The van der Waals surface area contributed by atoms with Crippen LogP contribution >= 0.6 is 0 Å². The van der Waals surface area contributed by atoms with E-state index < -0.39 is 0 Å². The zero-order chi connectivity index (χ0) is 13.2. The fourth-order valence-electron chi connectivity index (χ4n) is 2.35. The molecule has 4 nitrogen and oxygen atoms in total. The van der Waals surface area contributed by atoms with Gasteiger partial charge in [-0.3, -0.25) is 0 Å². The van der Waals surface area contributed by atoms with Gasteiger partial charge in [-0.1, -0.05) is 6.92 Å². The maximum absolute atomic E-state index is 5.85. The van der Waals surface area contributed by atoms with E-state index in [1.165, 1.54) is 18.4 Å². The Hall–Kier alpha value is -1.55.